The predicted molar refractivity (Wildman–Crippen MR) is 57.4 cm³/mol. The minimum Gasteiger partial charge on any atom is -0.411 e. The number of benzene rings is 1. The monoisotopic (exact) mass is 204 g/mol. The first-order valence-electron chi connectivity index (χ1n) is 4.82. The number of oxime groups is 1. The van der Waals surface area contributed by atoms with Crippen LogP contribution in [0.25, 0.3) is 0 Å². The van der Waals surface area contributed by atoms with Crippen LogP contribution in [-0.2, 0) is 11.2 Å². The summed E-state index contributed by atoms with van der Waals surface area (Å²) in [7, 11) is 0. The summed E-state index contributed by atoms with van der Waals surface area (Å²) < 4.78 is 0. The topological polar surface area (TPSA) is 61.7 Å². The average molecular weight is 204 g/mol. The summed E-state index contributed by atoms with van der Waals surface area (Å²) in [6.45, 7) is 1.74. The second kappa shape index (κ2) is 3.73. The normalized spacial score (nSPS) is 15.8. The molecule has 1 aliphatic rings. The van der Waals surface area contributed by atoms with E-state index in [0.717, 1.165) is 23.2 Å². The average Bonchev–Trinajstić information content (AvgIpc) is 2.27. The lowest BCUT2D eigenvalue weighted by atomic mass is 9.99. The zero-order valence-corrected chi connectivity index (χ0v) is 8.45. The lowest BCUT2D eigenvalue weighted by molar-refractivity contribution is -0.116. The van der Waals surface area contributed by atoms with Crippen molar-refractivity contribution in [3.63, 3.8) is 0 Å². The van der Waals surface area contributed by atoms with Gasteiger partial charge in [-0.05, 0) is 36.6 Å². The van der Waals surface area contributed by atoms with Gasteiger partial charge < -0.3 is 10.5 Å². The van der Waals surface area contributed by atoms with Crippen LogP contribution in [-0.4, -0.2) is 16.8 Å². The number of hydrogen-bond donors (Lipinski definition) is 2. The Morgan fingerprint density at radius 3 is 3.00 bits per heavy atom. The molecular weight excluding hydrogens is 192 g/mol. The fourth-order valence-electron chi connectivity index (χ4n) is 1.67. The van der Waals surface area contributed by atoms with E-state index in [1.807, 2.05) is 18.2 Å². The summed E-state index contributed by atoms with van der Waals surface area (Å²) in [5.41, 5.74) is 3.41. The molecule has 0 fully saturated rings. The molecule has 1 aromatic rings. The third kappa shape index (κ3) is 1.83. The van der Waals surface area contributed by atoms with Crippen molar-refractivity contribution in [2.75, 3.05) is 5.32 Å². The molecule has 4 nitrogen and oxygen atoms in total. The number of nitrogens with one attached hydrogen (secondary N) is 1. The molecular formula is C11H12N2O2. The molecule has 2 rings (SSSR count). The minimum atomic E-state index is 0.0581. The quantitative estimate of drug-likeness (QED) is 0.416. The van der Waals surface area contributed by atoms with Gasteiger partial charge in [-0.15, -0.1) is 0 Å². The second-order valence-corrected chi connectivity index (χ2v) is 3.61. The van der Waals surface area contributed by atoms with Gasteiger partial charge in [-0.3, -0.25) is 4.79 Å². The van der Waals surface area contributed by atoms with E-state index in [1.54, 1.807) is 6.92 Å². The number of carbonyl (C=O) groups is 1. The van der Waals surface area contributed by atoms with Crippen molar-refractivity contribution in [1.82, 2.24) is 0 Å². The third-order valence-electron chi connectivity index (χ3n) is 2.57. The third-order valence-corrected chi connectivity index (χ3v) is 2.57. The largest absolute Gasteiger partial charge is 0.411 e. The molecule has 15 heavy (non-hydrogen) atoms. The highest BCUT2D eigenvalue weighted by molar-refractivity contribution is 6.00. The Kier molecular flexibility index (Phi) is 2.41. The summed E-state index contributed by atoms with van der Waals surface area (Å²) in [4.78, 5) is 11.1. The lowest BCUT2D eigenvalue weighted by Crippen LogP contribution is -2.19. The molecule has 2 N–H and O–H groups in total. The van der Waals surface area contributed by atoms with E-state index in [0.29, 0.717) is 12.1 Å². The number of fused-ring (bicyclic) bond motifs is 1. The standard InChI is InChI=1S/C11H12N2O2/c1-7(13-15)8-2-4-10-9(6-8)3-5-11(14)12-10/h2,4,6,15H,3,5H2,1H3,(H,12,14)/b13-7+. The summed E-state index contributed by atoms with van der Waals surface area (Å²) >= 11 is 0. The fourth-order valence-corrected chi connectivity index (χ4v) is 1.67. The van der Waals surface area contributed by atoms with E-state index in [1.165, 1.54) is 0 Å². The van der Waals surface area contributed by atoms with Crippen molar-refractivity contribution in [2.45, 2.75) is 19.8 Å². The first-order chi connectivity index (χ1) is 7.20. The smallest absolute Gasteiger partial charge is 0.224 e. The Hall–Kier alpha value is -1.84. The van der Waals surface area contributed by atoms with Gasteiger partial charge in [-0.2, -0.15) is 0 Å². The van der Waals surface area contributed by atoms with Gasteiger partial charge in [0, 0.05) is 12.1 Å². The zero-order valence-electron chi connectivity index (χ0n) is 8.45. The molecule has 0 unspecified atom stereocenters. The van der Waals surface area contributed by atoms with Crippen LogP contribution in [0.15, 0.2) is 23.4 Å². The van der Waals surface area contributed by atoms with E-state index in [2.05, 4.69) is 10.5 Å². The number of anilines is 1. The summed E-state index contributed by atoms with van der Waals surface area (Å²) in [5.74, 6) is 0.0581. The Morgan fingerprint density at radius 2 is 2.27 bits per heavy atom. The summed E-state index contributed by atoms with van der Waals surface area (Å²) in [6.07, 6.45) is 1.26. The van der Waals surface area contributed by atoms with Gasteiger partial charge in [0.25, 0.3) is 0 Å². The van der Waals surface area contributed by atoms with Gasteiger partial charge in [0.05, 0.1) is 5.71 Å². The number of carbonyl (C=O) groups excluding carboxylic acids is 1. The van der Waals surface area contributed by atoms with Crippen LogP contribution in [0.5, 0.6) is 0 Å². The van der Waals surface area contributed by atoms with Gasteiger partial charge in [-0.25, -0.2) is 0 Å². The molecule has 0 radical (unpaired) electrons. The molecule has 0 bridgehead atoms. The number of rotatable bonds is 1. The maximum absolute atomic E-state index is 11.1. The number of hydrogen-bond acceptors (Lipinski definition) is 3. The fraction of sp³-hybridized carbons (Fsp3) is 0.273. The van der Waals surface area contributed by atoms with Gasteiger partial charge in [0.2, 0.25) is 5.91 Å². The van der Waals surface area contributed by atoms with Gasteiger partial charge in [0.1, 0.15) is 0 Å². The molecule has 0 saturated heterocycles. The maximum Gasteiger partial charge on any atom is 0.224 e. The van der Waals surface area contributed by atoms with Crippen LogP contribution in [0.2, 0.25) is 0 Å². The molecule has 0 spiro atoms. The van der Waals surface area contributed by atoms with Gasteiger partial charge in [0.15, 0.2) is 0 Å². The highest BCUT2D eigenvalue weighted by Crippen LogP contribution is 2.23. The van der Waals surface area contributed by atoms with Crippen LogP contribution in [0.3, 0.4) is 0 Å². The lowest BCUT2D eigenvalue weighted by Gasteiger charge is -2.17. The number of amides is 1. The number of nitrogens with zero attached hydrogens (tertiary/aromatic N) is 1. The molecule has 0 saturated carbocycles. The minimum absolute atomic E-state index is 0.0581. The Labute approximate surface area is 87.6 Å². The van der Waals surface area contributed by atoms with Crippen LogP contribution in [0.1, 0.15) is 24.5 Å². The molecule has 1 aliphatic heterocycles. The summed E-state index contributed by atoms with van der Waals surface area (Å²) in [6, 6.07) is 5.62. The first-order valence-corrected chi connectivity index (χ1v) is 4.82. The van der Waals surface area contributed by atoms with Crippen molar-refractivity contribution >= 4 is 17.3 Å². The SMILES string of the molecule is C/C(=N\O)c1ccc2c(c1)CCC(=O)N2. The maximum atomic E-state index is 11.1. The molecule has 0 aliphatic carbocycles. The number of aryl methyl sites for hydroxylation is 1. The van der Waals surface area contributed by atoms with Crippen molar-refractivity contribution in [3.8, 4) is 0 Å². The van der Waals surface area contributed by atoms with Crippen LogP contribution >= 0.6 is 0 Å². The van der Waals surface area contributed by atoms with Gasteiger partial charge >= 0.3 is 0 Å². The van der Waals surface area contributed by atoms with E-state index >= 15 is 0 Å². The van der Waals surface area contributed by atoms with Crippen LogP contribution in [0.4, 0.5) is 5.69 Å². The Morgan fingerprint density at radius 1 is 1.47 bits per heavy atom. The van der Waals surface area contributed by atoms with E-state index < -0.39 is 0 Å². The molecule has 0 aromatic heterocycles. The highest BCUT2D eigenvalue weighted by atomic mass is 16.4. The Balaban J connectivity index is 2.39. The zero-order chi connectivity index (χ0) is 10.8. The van der Waals surface area contributed by atoms with E-state index in [4.69, 9.17) is 5.21 Å². The highest BCUT2D eigenvalue weighted by Gasteiger charge is 2.15. The molecule has 4 heteroatoms. The predicted octanol–water partition coefficient (Wildman–Crippen LogP) is 1.77. The molecule has 78 valence electrons. The van der Waals surface area contributed by atoms with Crippen molar-refractivity contribution in [3.05, 3.63) is 29.3 Å². The Bertz CT molecular complexity index is 438. The van der Waals surface area contributed by atoms with Crippen molar-refractivity contribution < 1.29 is 10.0 Å². The molecule has 0 atom stereocenters. The summed E-state index contributed by atoms with van der Waals surface area (Å²) in [5, 5.41) is 14.6. The van der Waals surface area contributed by atoms with Crippen LogP contribution in [0, 0.1) is 0 Å². The molecule has 1 amide bonds. The molecule has 1 heterocycles. The van der Waals surface area contributed by atoms with E-state index in [9.17, 15) is 4.79 Å². The van der Waals surface area contributed by atoms with Crippen molar-refractivity contribution in [2.24, 2.45) is 5.16 Å². The van der Waals surface area contributed by atoms with Crippen LogP contribution < -0.4 is 5.32 Å². The van der Waals surface area contributed by atoms with Gasteiger partial charge in [-0.1, -0.05) is 11.2 Å². The van der Waals surface area contributed by atoms with Crippen molar-refractivity contribution in [1.29, 1.82) is 0 Å². The first kappa shape index (κ1) is 9.71. The second-order valence-electron chi connectivity index (χ2n) is 3.61. The molecule has 1 aromatic carbocycles. The van der Waals surface area contributed by atoms with E-state index in [-0.39, 0.29) is 5.91 Å².